The third kappa shape index (κ3) is 4.11. The first-order chi connectivity index (χ1) is 7.11. The smallest absolute Gasteiger partial charge is 0.128 e. The number of hydrogen-bond donors (Lipinski definition) is 1. The van der Waals surface area contributed by atoms with Gasteiger partial charge in [-0.15, -0.1) is 6.58 Å². The maximum Gasteiger partial charge on any atom is 0.128 e. The summed E-state index contributed by atoms with van der Waals surface area (Å²) >= 11 is 0. The quantitative estimate of drug-likeness (QED) is 0.732. The molecule has 0 saturated heterocycles. The lowest BCUT2D eigenvalue weighted by Gasteiger charge is -2.14. The third-order valence-corrected chi connectivity index (χ3v) is 2.08. The van der Waals surface area contributed by atoms with Crippen LogP contribution in [0.15, 0.2) is 30.9 Å². The summed E-state index contributed by atoms with van der Waals surface area (Å²) in [5, 5.41) is 3.03. The molecular weight excluding hydrogens is 196 g/mol. The van der Waals surface area contributed by atoms with Crippen LogP contribution in [0, 0.1) is 11.6 Å². The molecule has 0 aliphatic heterocycles. The molecule has 1 rings (SSSR count). The van der Waals surface area contributed by atoms with Crippen molar-refractivity contribution < 1.29 is 8.78 Å². The summed E-state index contributed by atoms with van der Waals surface area (Å²) in [7, 11) is 0. The Morgan fingerprint density at radius 2 is 1.93 bits per heavy atom. The second-order valence-electron chi connectivity index (χ2n) is 3.57. The molecule has 0 saturated carbocycles. The Bertz CT molecular complexity index is 316. The van der Waals surface area contributed by atoms with Crippen molar-refractivity contribution in [1.82, 2.24) is 0 Å². The molecule has 1 N–H and O–H groups in total. The lowest BCUT2D eigenvalue weighted by Crippen LogP contribution is -2.14. The van der Waals surface area contributed by atoms with Crippen LogP contribution in [0.1, 0.15) is 19.8 Å². The molecule has 1 nitrogen and oxygen atoms in total. The zero-order valence-electron chi connectivity index (χ0n) is 8.76. The number of benzene rings is 1. The molecule has 0 aliphatic rings. The van der Waals surface area contributed by atoms with Crippen molar-refractivity contribution in [1.29, 1.82) is 0 Å². The molecule has 0 spiro atoms. The van der Waals surface area contributed by atoms with Crippen molar-refractivity contribution in [2.45, 2.75) is 25.8 Å². The van der Waals surface area contributed by atoms with Crippen LogP contribution < -0.4 is 5.32 Å². The number of allylic oxidation sites excluding steroid dienone is 1. The van der Waals surface area contributed by atoms with Gasteiger partial charge in [0.1, 0.15) is 11.6 Å². The third-order valence-electron chi connectivity index (χ3n) is 2.08. The van der Waals surface area contributed by atoms with Crippen molar-refractivity contribution in [2.75, 3.05) is 5.32 Å². The molecule has 0 radical (unpaired) electrons. The first kappa shape index (κ1) is 11.7. The predicted octanol–water partition coefficient (Wildman–Crippen LogP) is 3.73. The van der Waals surface area contributed by atoms with Gasteiger partial charge in [0.25, 0.3) is 0 Å². The molecule has 3 heteroatoms. The van der Waals surface area contributed by atoms with Crippen LogP contribution in [0.4, 0.5) is 14.5 Å². The molecule has 82 valence electrons. The van der Waals surface area contributed by atoms with Crippen molar-refractivity contribution in [3.05, 3.63) is 42.5 Å². The van der Waals surface area contributed by atoms with Crippen LogP contribution in [0.2, 0.25) is 0 Å². The fraction of sp³-hybridized carbons (Fsp3) is 0.333. The number of halogens is 2. The molecule has 0 aromatic heterocycles. The molecule has 15 heavy (non-hydrogen) atoms. The molecule has 0 fully saturated rings. The molecule has 1 unspecified atom stereocenters. The van der Waals surface area contributed by atoms with E-state index in [2.05, 4.69) is 11.9 Å². The molecule has 1 atom stereocenters. The minimum atomic E-state index is -0.562. The van der Waals surface area contributed by atoms with E-state index in [4.69, 9.17) is 0 Å². The van der Waals surface area contributed by atoms with Gasteiger partial charge in [-0.3, -0.25) is 0 Å². The van der Waals surface area contributed by atoms with Crippen LogP contribution in [-0.4, -0.2) is 6.04 Å². The van der Waals surface area contributed by atoms with Gasteiger partial charge in [-0.25, -0.2) is 8.78 Å². The van der Waals surface area contributed by atoms with Gasteiger partial charge in [0.05, 0.1) is 0 Å². The van der Waals surface area contributed by atoms with Gasteiger partial charge >= 0.3 is 0 Å². The number of anilines is 1. The SMILES string of the molecule is C=CCCC(C)Nc1cc(F)cc(F)c1. The van der Waals surface area contributed by atoms with Crippen molar-refractivity contribution in [2.24, 2.45) is 0 Å². The number of rotatable bonds is 5. The summed E-state index contributed by atoms with van der Waals surface area (Å²) < 4.78 is 25.7. The highest BCUT2D eigenvalue weighted by Crippen LogP contribution is 2.15. The van der Waals surface area contributed by atoms with Gasteiger partial charge in [-0.05, 0) is 31.9 Å². The molecule has 0 amide bonds. The Kier molecular flexibility index (Phi) is 4.28. The fourth-order valence-corrected chi connectivity index (χ4v) is 1.36. The van der Waals surface area contributed by atoms with E-state index < -0.39 is 11.6 Å². The molecule has 1 aromatic carbocycles. The van der Waals surface area contributed by atoms with E-state index in [1.165, 1.54) is 12.1 Å². The van der Waals surface area contributed by atoms with E-state index in [9.17, 15) is 8.78 Å². The van der Waals surface area contributed by atoms with Gasteiger partial charge in [0.2, 0.25) is 0 Å². The van der Waals surface area contributed by atoms with Gasteiger partial charge in [0.15, 0.2) is 0 Å². The molecule has 1 aromatic rings. The average Bonchev–Trinajstić information content (AvgIpc) is 2.13. The fourth-order valence-electron chi connectivity index (χ4n) is 1.36. The first-order valence-corrected chi connectivity index (χ1v) is 4.95. The van der Waals surface area contributed by atoms with Crippen molar-refractivity contribution in [3.63, 3.8) is 0 Å². The van der Waals surface area contributed by atoms with Crippen molar-refractivity contribution >= 4 is 5.69 Å². The standard InChI is InChI=1S/C12H15F2N/c1-3-4-5-9(2)15-12-7-10(13)6-11(14)8-12/h3,6-9,15H,1,4-5H2,2H3. The Balaban J connectivity index is 2.59. The molecule has 0 aliphatic carbocycles. The number of nitrogens with one attached hydrogen (secondary N) is 1. The lowest BCUT2D eigenvalue weighted by atomic mass is 10.1. The van der Waals surface area contributed by atoms with E-state index in [1.54, 1.807) is 0 Å². The topological polar surface area (TPSA) is 12.0 Å². The Morgan fingerprint density at radius 1 is 1.33 bits per heavy atom. The average molecular weight is 211 g/mol. The Labute approximate surface area is 88.8 Å². The second kappa shape index (κ2) is 5.49. The largest absolute Gasteiger partial charge is 0.382 e. The summed E-state index contributed by atoms with van der Waals surface area (Å²) in [6.07, 6.45) is 3.60. The van der Waals surface area contributed by atoms with Crippen LogP contribution in [0.5, 0.6) is 0 Å². The highest BCUT2D eigenvalue weighted by atomic mass is 19.1. The van der Waals surface area contributed by atoms with Gasteiger partial charge in [-0.1, -0.05) is 6.08 Å². The highest BCUT2D eigenvalue weighted by Gasteiger charge is 2.03. The number of hydrogen-bond acceptors (Lipinski definition) is 1. The van der Waals surface area contributed by atoms with Crippen LogP contribution in [0.3, 0.4) is 0 Å². The summed E-state index contributed by atoms with van der Waals surface area (Å²) in [5.74, 6) is -1.12. The molecule has 0 bridgehead atoms. The van der Waals surface area contributed by atoms with E-state index >= 15 is 0 Å². The van der Waals surface area contributed by atoms with Gasteiger partial charge < -0.3 is 5.32 Å². The zero-order valence-corrected chi connectivity index (χ0v) is 8.76. The van der Waals surface area contributed by atoms with E-state index in [0.717, 1.165) is 18.9 Å². The summed E-state index contributed by atoms with van der Waals surface area (Å²) in [4.78, 5) is 0. The maximum absolute atomic E-state index is 12.8. The molecular formula is C12H15F2N. The Morgan fingerprint density at radius 3 is 2.47 bits per heavy atom. The van der Waals surface area contributed by atoms with Gasteiger partial charge in [0, 0.05) is 17.8 Å². The lowest BCUT2D eigenvalue weighted by molar-refractivity contribution is 0.583. The first-order valence-electron chi connectivity index (χ1n) is 4.95. The maximum atomic E-state index is 12.8. The normalized spacial score (nSPS) is 12.2. The summed E-state index contributed by atoms with van der Waals surface area (Å²) in [5.41, 5.74) is 0.476. The van der Waals surface area contributed by atoms with Crippen LogP contribution in [0.25, 0.3) is 0 Å². The zero-order chi connectivity index (χ0) is 11.3. The van der Waals surface area contributed by atoms with Crippen molar-refractivity contribution in [3.8, 4) is 0 Å². The van der Waals surface area contributed by atoms with Gasteiger partial charge in [-0.2, -0.15) is 0 Å². The highest BCUT2D eigenvalue weighted by molar-refractivity contribution is 5.44. The summed E-state index contributed by atoms with van der Waals surface area (Å²) in [6, 6.07) is 3.60. The van der Waals surface area contributed by atoms with E-state index in [-0.39, 0.29) is 6.04 Å². The Hall–Kier alpha value is -1.38. The van der Waals surface area contributed by atoms with E-state index in [0.29, 0.717) is 5.69 Å². The van der Waals surface area contributed by atoms with E-state index in [1.807, 2.05) is 13.0 Å². The minimum Gasteiger partial charge on any atom is -0.382 e. The predicted molar refractivity (Wildman–Crippen MR) is 58.9 cm³/mol. The van der Waals surface area contributed by atoms with Crippen LogP contribution >= 0.6 is 0 Å². The molecule has 0 heterocycles. The minimum absolute atomic E-state index is 0.171. The summed E-state index contributed by atoms with van der Waals surface area (Å²) in [6.45, 7) is 5.58. The monoisotopic (exact) mass is 211 g/mol. The van der Waals surface area contributed by atoms with Crippen LogP contribution in [-0.2, 0) is 0 Å². The second-order valence-corrected chi connectivity index (χ2v) is 3.57.